The van der Waals surface area contributed by atoms with Crippen molar-refractivity contribution < 1.29 is 14.6 Å². The van der Waals surface area contributed by atoms with Crippen LogP contribution >= 0.6 is 24.0 Å². The predicted octanol–water partition coefficient (Wildman–Crippen LogP) is 2.76. The van der Waals surface area contributed by atoms with E-state index in [9.17, 15) is 5.11 Å². The van der Waals surface area contributed by atoms with Crippen molar-refractivity contribution in [2.45, 2.75) is 32.6 Å². The van der Waals surface area contributed by atoms with Gasteiger partial charge in [0.25, 0.3) is 0 Å². The first-order valence-electron chi connectivity index (χ1n) is 9.44. The van der Waals surface area contributed by atoms with Crippen LogP contribution in [0.5, 0.6) is 5.75 Å². The van der Waals surface area contributed by atoms with Crippen LogP contribution in [0.2, 0.25) is 0 Å². The molecular weight excluding hydrogens is 457 g/mol. The zero-order valence-corrected chi connectivity index (χ0v) is 19.0. The van der Waals surface area contributed by atoms with Crippen LogP contribution in [-0.4, -0.2) is 57.6 Å². The lowest BCUT2D eigenvalue weighted by Gasteiger charge is -2.27. The van der Waals surface area contributed by atoms with Crippen molar-refractivity contribution in [1.82, 2.24) is 10.6 Å². The standard InChI is InChI=1S/C20H33N3O3.HI/c1-16(2)17-4-6-18(7-5-17)26-13-10-22-19(21-3)23-14-20(8-11-24)9-12-25-15-20;/h4-7,16,24H,8-15H2,1-3H3,(H2,21,22,23);1H. The molecule has 154 valence electrons. The second kappa shape index (κ2) is 12.4. The van der Waals surface area contributed by atoms with E-state index in [-0.39, 0.29) is 36.0 Å². The van der Waals surface area contributed by atoms with Gasteiger partial charge in [0.2, 0.25) is 0 Å². The minimum Gasteiger partial charge on any atom is -0.492 e. The summed E-state index contributed by atoms with van der Waals surface area (Å²) in [6.07, 6.45) is 1.71. The van der Waals surface area contributed by atoms with Gasteiger partial charge >= 0.3 is 0 Å². The zero-order chi connectivity index (χ0) is 18.8. The average Bonchev–Trinajstić information content (AvgIpc) is 3.10. The molecule has 1 aliphatic heterocycles. The van der Waals surface area contributed by atoms with Crippen LogP contribution in [0.15, 0.2) is 29.3 Å². The summed E-state index contributed by atoms with van der Waals surface area (Å²) in [6.45, 7) is 7.96. The van der Waals surface area contributed by atoms with E-state index < -0.39 is 0 Å². The fraction of sp³-hybridized carbons (Fsp3) is 0.650. The van der Waals surface area contributed by atoms with Gasteiger partial charge in [0.15, 0.2) is 5.96 Å². The second-order valence-electron chi connectivity index (χ2n) is 7.20. The highest BCUT2D eigenvalue weighted by molar-refractivity contribution is 14.0. The number of nitrogens with one attached hydrogen (secondary N) is 2. The van der Waals surface area contributed by atoms with Crippen LogP contribution in [0, 0.1) is 5.41 Å². The van der Waals surface area contributed by atoms with E-state index in [0.717, 1.165) is 37.7 Å². The lowest BCUT2D eigenvalue weighted by Crippen LogP contribution is -2.45. The number of halogens is 1. The van der Waals surface area contributed by atoms with Crippen LogP contribution in [0.1, 0.15) is 38.2 Å². The van der Waals surface area contributed by atoms with Gasteiger partial charge in [-0.2, -0.15) is 0 Å². The predicted molar refractivity (Wildman–Crippen MR) is 120 cm³/mol. The Balaban J connectivity index is 0.00000364. The molecule has 1 aliphatic rings. The Morgan fingerprint density at radius 2 is 2.04 bits per heavy atom. The Kier molecular flexibility index (Phi) is 11.0. The molecule has 0 aromatic heterocycles. The molecule has 0 aliphatic carbocycles. The Morgan fingerprint density at radius 3 is 2.59 bits per heavy atom. The van der Waals surface area contributed by atoms with E-state index in [4.69, 9.17) is 9.47 Å². The Labute approximate surface area is 180 Å². The highest BCUT2D eigenvalue weighted by atomic mass is 127. The van der Waals surface area contributed by atoms with Crippen molar-refractivity contribution in [3.8, 4) is 5.75 Å². The molecule has 0 saturated carbocycles. The number of benzene rings is 1. The summed E-state index contributed by atoms with van der Waals surface area (Å²) >= 11 is 0. The lowest BCUT2D eigenvalue weighted by atomic mass is 9.84. The normalized spacial score (nSPS) is 19.7. The molecule has 6 nitrogen and oxygen atoms in total. The van der Waals surface area contributed by atoms with E-state index in [0.29, 0.717) is 25.7 Å². The van der Waals surface area contributed by atoms with Gasteiger partial charge in [0, 0.05) is 32.2 Å². The molecule has 1 fully saturated rings. The zero-order valence-electron chi connectivity index (χ0n) is 16.7. The van der Waals surface area contributed by atoms with Crippen molar-refractivity contribution >= 4 is 29.9 Å². The number of aliphatic hydroxyl groups is 1. The van der Waals surface area contributed by atoms with Gasteiger partial charge < -0.3 is 25.2 Å². The highest BCUT2D eigenvalue weighted by Gasteiger charge is 2.34. The van der Waals surface area contributed by atoms with Crippen LogP contribution < -0.4 is 15.4 Å². The van der Waals surface area contributed by atoms with E-state index in [2.05, 4.69) is 41.6 Å². The van der Waals surface area contributed by atoms with Gasteiger partial charge in [-0.1, -0.05) is 26.0 Å². The summed E-state index contributed by atoms with van der Waals surface area (Å²) in [5.74, 6) is 2.15. The fourth-order valence-electron chi connectivity index (χ4n) is 3.09. The maximum absolute atomic E-state index is 9.30. The summed E-state index contributed by atoms with van der Waals surface area (Å²) < 4.78 is 11.3. The summed E-state index contributed by atoms with van der Waals surface area (Å²) in [7, 11) is 1.75. The number of guanidine groups is 1. The first-order valence-corrected chi connectivity index (χ1v) is 9.44. The number of aliphatic hydroxyl groups excluding tert-OH is 1. The number of hydrogen-bond acceptors (Lipinski definition) is 4. The topological polar surface area (TPSA) is 75.1 Å². The summed E-state index contributed by atoms with van der Waals surface area (Å²) in [4.78, 5) is 4.25. The number of hydrogen-bond donors (Lipinski definition) is 3. The molecule has 1 unspecified atom stereocenters. The number of ether oxygens (including phenoxy) is 2. The average molecular weight is 491 g/mol. The molecule has 1 atom stereocenters. The molecule has 1 aromatic rings. The van der Waals surface area contributed by atoms with E-state index >= 15 is 0 Å². The molecule has 1 saturated heterocycles. The minimum atomic E-state index is 0. The van der Waals surface area contributed by atoms with Crippen LogP contribution in [-0.2, 0) is 4.74 Å². The Hall–Kier alpha value is -1.06. The summed E-state index contributed by atoms with van der Waals surface area (Å²) in [5.41, 5.74) is 1.31. The van der Waals surface area contributed by atoms with E-state index in [1.807, 2.05) is 12.1 Å². The van der Waals surface area contributed by atoms with Gasteiger partial charge in [-0.05, 0) is 36.5 Å². The van der Waals surface area contributed by atoms with Crippen molar-refractivity contribution in [2.75, 3.05) is 46.6 Å². The van der Waals surface area contributed by atoms with Crippen molar-refractivity contribution in [1.29, 1.82) is 0 Å². The maximum Gasteiger partial charge on any atom is 0.191 e. The summed E-state index contributed by atoms with van der Waals surface area (Å²) in [6, 6.07) is 8.25. The fourth-order valence-corrected chi connectivity index (χ4v) is 3.09. The smallest absolute Gasteiger partial charge is 0.191 e. The van der Waals surface area contributed by atoms with E-state index in [1.165, 1.54) is 5.56 Å². The van der Waals surface area contributed by atoms with Crippen LogP contribution in [0.25, 0.3) is 0 Å². The van der Waals surface area contributed by atoms with Gasteiger partial charge in [-0.25, -0.2) is 0 Å². The highest BCUT2D eigenvalue weighted by Crippen LogP contribution is 2.31. The SMILES string of the molecule is CN=C(NCCOc1ccc(C(C)C)cc1)NCC1(CCO)CCOC1.I. The third-order valence-corrected chi connectivity index (χ3v) is 4.89. The third-order valence-electron chi connectivity index (χ3n) is 4.89. The largest absolute Gasteiger partial charge is 0.492 e. The van der Waals surface area contributed by atoms with Gasteiger partial charge in [-0.15, -0.1) is 24.0 Å². The van der Waals surface area contributed by atoms with E-state index in [1.54, 1.807) is 7.05 Å². The first-order chi connectivity index (χ1) is 12.6. The van der Waals surface area contributed by atoms with Crippen molar-refractivity contribution in [3.63, 3.8) is 0 Å². The van der Waals surface area contributed by atoms with Crippen LogP contribution in [0.4, 0.5) is 0 Å². The number of rotatable bonds is 9. The molecule has 3 N–H and O–H groups in total. The molecule has 0 amide bonds. The molecule has 1 heterocycles. The number of aliphatic imine (C=N–C) groups is 1. The minimum absolute atomic E-state index is 0. The van der Waals surface area contributed by atoms with Gasteiger partial charge in [-0.3, -0.25) is 4.99 Å². The van der Waals surface area contributed by atoms with Gasteiger partial charge in [0.1, 0.15) is 12.4 Å². The monoisotopic (exact) mass is 491 g/mol. The molecule has 0 spiro atoms. The molecule has 0 bridgehead atoms. The molecule has 0 radical (unpaired) electrons. The molecule has 27 heavy (non-hydrogen) atoms. The second-order valence-corrected chi connectivity index (χ2v) is 7.20. The molecule has 1 aromatic carbocycles. The molecule has 2 rings (SSSR count). The molecule has 7 heteroatoms. The third kappa shape index (κ3) is 7.83. The summed E-state index contributed by atoms with van der Waals surface area (Å²) in [5, 5.41) is 15.9. The maximum atomic E-state index is 9.30. The van der Waals surface area contributed by atoms with Crippen LogP contribution in [0.3, 0.4) is 0 Å². The molecular formula is C20H34IN3O3. The first kappa shape index (κ1) is 24.0. The Morgan fingerprint density at radius 1 is 1.30 bits per heavy atom. The quantitative estimate of drug-likeness (QED) is 0.215. The Bertz CT molecular complexity index is 558. The van der Waals surface area contributed by atoms with Crippen molar-refractivity contribution in [3.05, 3.63) is 29.8 Å². The lowest BCUT2D eigenvalue weighted by molar-refractivity contribution is 0.127. The van der Waals surface area contributed by atoms with Gasteiger partial charge in [0.05, 0.1) is 13.2 Å². The van der Waals surface area contributed by atoms with Crippen molar-refractivity contribution in [2.24, 2.45) is 10.4 Å². The number of nitrogens with zero attached hydrogens (tertiary/aromatic N) is 1.